The third kappa shape index (κ3) is 7.02. The van der Waals surface area contributed by atoms with Crippen molar-refractivity contribution < 1.29 is 9.53 Å². The van der Waals surface area contributed by atoms with Crippen molar-refractivity contribution in [3.05, 3.63) is 71.3 Å². The molecule has 0 atom stereocenters. The lowest BCUT2D eigenvalue weighted by molar-refractivity contribution is -0.107. The second-order valence-corrected chi connectivity index (χ2v) is 10.5. The quantitative estimate of drug-likeness (QED) is 0.206. The van der Waals surface area contributed by atoms with Gasteiger partial charge in [-0.2, -0.15) is 0 Å². The van der Waals surface area contributed by atoms with Gasteiger partial charge in [0.1, 0.15) is 12.0 Å². The number of fused-ring (bicyclic) bond motifs is 1. The lowest BCUT2D eigenvalue weighted by Crippen LogP contribution is -2.47. The van der Waals surface area contributed by atoms with Gasteiger partial charge in [-0.05, 0) is 78.9 Å². The molecule has 1 heterocycles. The molecule has 1 aliphatic heterocycles. The Hall–Kier alpha value is -2.50. The molecule has 2 aromatic rings. The summed E-state index contributed by atoms with van der Waals surface area (Å²) < 4.78 is 6.04. The van der Waals surface area contributed by atoms with E-state index in [0.29, 0.717) is 6.42 Å². The Bertz CT molecular complexity index is 1040. The van der Waals surface area contributed by atoms with Gasteiger partial charge in [0.25, 0.3) is 0 Å². The van der Waals surface area contributed by atoms with Gasteiger partial charge in [-0.3, -0.25) is 4.90 Å². The maximum atomic E-state index is 11.4. The van der Waals surface area contributed by atoms with E-state index in [1.165, 1.54) is 27.3 Å². The summed E-state index contributed by atoms with van der Waals surface area (Å²) in [5.41, 5.74) is 6.18. The third-order valence-corrected chi connectivity index (χ3v) is 8.04. The Morgan fingerprint density at radius 1 is 1.09 bits per heavy atom. The number of allylic oxidation sites excluding steroid dienone is 2. The number of benzene rings is 2. The summed E-state index contributed by atoms with van der Waals surface area (Å²) in [4.78, 5) is 17.7. The third-order valence-electron chi connectivity index (χ3n) is 6.74. The van der Waals surface area contributed by atoms with E-state index in [-0.39, 0.29) is 0 Å². The summed E-state index contributed by atoms with van der Waals surface area (Å²) in [6.45, 7) is 12.3. The molecular formula is C30H38N2O2S. The van der Waals surface area contributed by atoms with E-state index >= 15 is 0 Å². The normalized spacial score (nSPS) is 15.8. The zero-order chi connectivity index (χ0) is 24.5. The van der Waals surface area contributed by atoms with Gasteiger partial charge in [-0.1, -0.05) is 43.4 Å². The number of carbonyl (C=O) groups excluding carboxylic acids is 1. The standard InChI is InChI=1S/C30H38N2O2S/c1-3-21-35-30-8-6-7-29(28(30)13-19-33)32-17-15-31(16-18-32)14-4-5-20-34-27-12-11-25-10-9-24(2)22-26(25)23-27/h6-12,19,23H,2-5,13-18,20-22H2,1H3. The summed E-state index contributed by atoms with van der Waals surface area (Å²) in [5, 5.41) is 0. The number of piperazine rings is 1. The van der Waals surface area contributed by atoms with Gasteiger partial charge >= 0.3 is 0 Å². The second kappa shape index (κ2) is 13.0. The first-order valence-corrected chi connectivity index (χ1v) is 13.9. The lowest BCUT2D eigenvalue weighted by Gasteiger charge is -2.37. The second-order valence-electron chi connectivity index (χ2n) is 9.39. The van der Waals surface area contributed by atoms with Crippen LogP contribution in [0.3, 0.4) is 0 Å². The largest absolute Gasteiger partial charge is 0.494 e. The molecule has 0 aromatic heterocycles. The highest BCUT2D eigenvalue weighted by molar-refractivity contribution is 7.99. The molecule has 0 N–H and O–H groups in total. The molecule has 0 saturated carbocycles. The number of anilines is 1. The summed E-state index contributed by atoms with van der Waals surface area (Å²) in [5.74, 6) is 2.05. The Labute approximate surface area is 215 Å². The highest BCUT2D eigenvalue weighted by atomic mass is 32.2. The van der Waals surface area contributed by atoms with Crippen LogP contribution in [0.2, 0.25) is 0 Å². The van der Waals surface area contributed by atoms with Crippen molar-refractivity contribution in [1.82, 2.24) is 4.90 Å². The van der Waals surface area contributed by atoms with Gasteiger partial charge in [-0.15, -0.1) is 11.8 Å². The fourth-order valence-corrected chi connectivity index (χ4v) is 5.79. The molecule has 0 spiro atoms. The number of carbonyl (C=O) groups is 1. The molecule has 2 aromatic carbocycles. The van der Waals surface area contributed by atoms with E-state index in [4.69, 9.17) is 4.74 Å². The van der Waals surface area contributed by atoms with E-state index < -0.39 is 0 Å². The van der Waals surface area contributed by atoms with E-state index in [2.05, 4.69) is 71.9 Å². The van der Waals surface area contributed by atoms with Gasteiger partial charge in [0.15, 0.2) is 0 Å². The molecule has 1 fully saturated rings. The predicted octanol–water partition coefficient (Wildman–Crippen LogP) is 6.04. The molecule has 4 nitrogen and oxygen atoms in total. The molecule has 4 rings (SSSR count). The highest BCUT2D eigenvalue weighted by Gasteiger charge is 2.20. The molecule has 0 bridgehead atoms. The minimum absolute atomic E-state index is 0.498. The molecule has 1 saturated heterocycles. The monoisotopic (exact) mass is 490 g/mol. The summed E-state index contributed by atoms with van der Waals surface area (Å²) in [6, 6.07) is 12.9. The van der Waals surface area contributed by atoms with E-state index in [0.717, 1.165) is 88.4 Å². The topological polar surface area (TPSA) is 32.8 Å². The molecule has 186 valence electrons. The Kier molecular flexibility index (Phi) is 9.50. The van der Waals surface area contributed by atoms with Crippen molar-refractivity contribution in [1.29, 1.82) is 0 Å². The number of aldehydes is 1. The fraction of sp³-hybridized carbons (Fsp3) is 0.433. The smallest absolute Gasteiger partial charge is 0.124 e. The van der Waals surface area contributed by atoms with Crippen LogP contribution < -0.4 is 9.64 Å². The van der Waals surface area contributed by atoms with Gasteiger partial charge in [0.2, 0.25) is 0 Å². The van der Waals surface area contributed by atoms with E-state index in [1.54, 1.807) is 0 Å². The molecule has 0 amide bonds. The molecule has 0 unspecified atom stereocenters. The number of nitrogens with zero attached hydrogens (tertiary/aromatic N) is 2. The zero-order valence-electron chi connectivity index (χ0n) is 21.0. The lowest BCUT2D eigenvalue weighted by atomic mass is 9.94. The number of rotatable bonds is 12. The SMILES string of the molecule is C=C1C=Cc2ccc(OCCCCN3CCN(c4cccc(SCCC)c4CC=O)CC3)cc2C1. The Morgan fingerprint density at radius 2 is 1.94 bits per heavy atom. The molecule has 2 aliphatic rings. The average molecular weight is 491 g/mol. The van der Waals surface area contributed by atoms with E-state index in [1.807, 2.05) is 11.8 Å². The van der Waals surface area contributed by atoms with Crippen molar-refractivity contribution in [3.8, 4) is 5.75 Å². The van der Waals surface area contributed by atoms with Crippen molar-refractivity contribution in [2.75, 3.05) is 50.0 Å². The van der Waals surface area contributed by atoms with Crippen LogP contribution in [0.1, 0.15) is 42.9 Å². The predicted molar refractivity (Wildman–Crippen MR) is 149 cm³/mol. The average Bonchev–Trinajstić information content (AvgIpc) is 2.88. The van der Waals surface area contributed by atoms with Gasteiger partial charge in [-0.25, -0.2) is 0 Å². The van der Waals surface area contributed by atoms with Crippen LogP contribution in [0.5, 0.6) is 5.75 Å². The molecular weight excluding hydrogens is 452 g/mol. The van der Waals surface area contributed by atoms with Crippen LogP contribution in [0.15, 0.2) is 59.5 Å². The van der Waals surface area contributed by atoms with Crippen LogP contribution in [-0.2, 0) is 17.6 Å². The summed E-state index contributed by atoms with van der Waals surface area (Å²) >= 11 is 1.87. The maximum Gasteiger partial charge on any atom is 0.124 e. The first-order chi connectivity index (χ1) is 17.2. The fourth-order valence-electron chi connectivity index (χ4n) is 4.82. The van der Waals surface area contributed by atoms with Crippen molar-refractivity contribution >= 4 is 29.8 Å². The van der Waals surface area contributed by atoms with Crippen molar-refractivity contribution in [2.45, 2.75) is 43.9 Å². The van der Waals surface area contributed by atoms with Gasteiger partial charge in [0.05, 0.1) is 6.61 Å². The van der Waals surface area contributed by atoms with Crippen LogP contribution >= 0.6 is 11.8 Å². The molecule has 5 heteroatoms. The van der Waals surface area contributed by atoms with Crippen molar-refractivity contribution in [2.24, 2.45) is 0 Å². The number of unbranched alkanes of at least 4 members (excludes halogenated alkanes) is 1. The molecule has 35 heavy (non-hydrogen) atoms. The van der Waals surface area contributed by atoms with E-state index in [9.17, 15) is 4.79 Å². The first kappa shape index (κ1) is 25.6. The number of ether oxygens (including phenoxy) is 1. The van der Waals surface area contributed by atoms with Crippen molar-refractivity contribution in [3.63, 3.8) is 0 Å². The maximum absolute atomic E-state index is 11.4. The zero-order valence-corrected chi connectivity index (χ0v) is 21.8. The van der Waals surface area contributed by atoms with Crippen LogP contribution in [-0.4, -0.2) is 56.3 Å². The first-order valence-electron chi connectivity index (χ1n) is 12.9. The van der Waals surface area contributed by atoms with Crippen LogP contribution in [0.4, 0.5) is 5.69 Å². The van der Waals surface area contributed by atoms with Gasteiger partial charge in [0, 0.05) is 43.2 Å². The number of thioether (sulfide) groups is 1. The Morgan fingerprint density at radius 3 is 2.74 bits per heavy atom. The highest BCUT2D eigenvalue weighted by Crippen LogP contribution is 2.32. The molecule has 1 aliphatic carbocycles. The molecule has 0 radical (unpaired) electrons. The summed E-state index contributed by atoms with van der Waals surface area (Å²) in [6.07, 6.45) is 10.0. The van der Waals surface area contributed by atoms with Crippen LogP contribution in [0, 0.1) is 0 Å². The van der Waals surface area contributed by atoms with Gasteiger partial charge < -0.3 is 14.4 Å². The minimum atomic E-state index is 0.498. The Balaban J connectivity index is 1.20. The summed E-state index contributed by atoms with van der Waals surface area (Å²) in [7, 11) is 0. The minimum Gasteiger partial charge on any atom is -0.494 e. The number of hydrogen-bond acceptors (Lipinski definition) is 5. The number of hydrogen-bond donors (Lipinski definition) is 0. The van der Waals surface area contributed by atoms with Crippen LogP contribution in [0.25, 0.3) is 6.08 Å².